The number of nitrogens with zero attached hydrogens (tertiary/aromatic N) is 1. The number of aromatic nitrogens is 1. The molecule has 134 valence electrons. The van der Waals surface area contributed by atoms with Gasteiger partial charge in [-0.1, -0.05) is 54.1 Å². The van der Waals surface area contributed by atoms with E-state index in [4.69, 9.17) is 0 Å². The van der Waals surface area contributed by atoms with Gasteiger partial charge in [0.25, 0.3) is 0 Å². The van der Waals surface area contributed by atoms with Gasteiger partial charge in [0.2, 0.25) is 0 Å². The highest BCUT2D eigenvalue weighted by molar-refractivity contribution is 6.08. The van der Waals surface area contributed by atoms with Crippen molar-refractivity contribution in [2.75, 3.05) is 0 Å². The Morgan fingerprint density at radius 3 is 2.19 bits per heavy atom. The van der Waals surface area contributed by atoms with Gasteiger partial charge in [0.15, 0.2) is 0 Å². The summed E-state index contributed by atoms with van der Waals surface area (Å²) < 4.78 is 2.40. The predicted octanol–water partition coefficient (Wildman–Crippen LogP) is 5.83. The molecule has 0 bridgehead atoms. The molecule has 0 unspecified atom stereocenters. The second kappa shape index (κ2) is 7.94. The third-order valence-corrected chi connectivity index (χ3v) is 4.93. The van der Waals surface area contributed by atoms with Gasteiger partial charge in [0.1, 0.15) is 0 Å². The van der Waals surface area contributed by atoms with Crippen LogP contribution in [0.3, 0.4) is 0 Å². The third kappa shape index (κ3) is 3.48. The number of fused-ring (bicyclic) bond motifs is 3. The van der Waals surface area contributed by atoms with Crippen molar-refractivity contribution in [2.24, 2.45) is 0 Å². The van der Waals surface area contributed by atoms with E-state index in [9.17, 15) is 0 Å². The minimum atomic E-state index is 0. The number of halogens is 1. The van der Waals surface area contributed by atoms with E-state index in [0.29, 0.717) is 0 Å². The van der Waals surface area contributed by atoms with Crippen LogP contribution in [-0.4, -0.2) is 4.57 Å². The molecular formula is C23H25ClN2. The average molecular weight is 365 g/mol. The summed E-state index contributed by atoms with van der Waals surface area (Å²) in [5, 5.41) is 6.26. The van der Waals surface area contributed by atoms with E-state index in [1.165, 1.54) is 38.5 Å². The van der Waals surface area contributed by atoms with Crippen molar-refractivity contribution in [3.05, 3.63) is 83.4 Å². The van der Waals surface area contributed by atoms with Crippen molar-refractivity contribution in [2.45, 2.75) is 33.5 Å². The van der Waals surface area contributed by atoms with Crippen molar-refractivity contribution in [1.82, 2.24) is 9.88 Å². The molecule has 4 rings (SSSR count). The molecule has 0 aliphatic carbocycles. The van der Waals surface area contributed by atoms with Crippen LogP contribution in [0.25, 0.3) is 21.8 Å². The molecule has 1 heterocycles. The molecule has 2 nitrogen and oxygen atoms in total. The fourth-order valence-electron chi connectivity index (χ4n) is 3.61. The zero-order chi connectivity index (χ0) is 17.2. The molecule has 0 fully saturated rings. The summed E-state index contributed by atoms with van der Waals surface area (Å²) in [5.74, 6) is 0. The lowest BCUT2D eigenvalue weighted by atomic mass is 10.1. The lowest BCUT2D eigenvalue weighted by Crippen LogP contribution is -2.12. The largest absolute Gasteiger partial charge is 0.341 e. The van der Waals surface area contributed by atoms with Crippen LogP contribution in [0.5, 0.6) is 0 Å². The van der Waals surface area contributed by atoms with E-state index in [0.717, 1.165) is 19.6 Å². The van der Waals surface area contributed by atoms with Crippen LogP contribution in [0.1, 0.15) is 23.6 Å². The first-order chi connectivity index (χ1) is 12.3. The van der Waals surface area contributed by atoms with Gasteiger partial charge < -0.3 is 9.88 Å². The molecule has 0 aliphatic rings. The van der Waals surface area contributed by atoms with Gasteiger partial charge in [-0.25, -0.2) is 0 Å². The Morgan fingerprint density at radius 1 is 0.769 bits per heavy atom. The number of benzene rings is 3. The summed E-state index contributed by atoms with van der Waals surface area (Å²) in [5.41, 5.74) is 6.62. The highest BCUT2D eigenvalue weighted by atomic mass is 35.5. The van der Waals surface area contributed by atoms with E-state index in [1.807, 2.05) is 0 Å². The minimum Gasteiger partial charge on any atom is -0.341 e. The normalized spacial score (nSPS) is 11.0. The summed E-state index contributed by atoms with van der Waals surface area (Å²) in [6.07, 6.45) is 0. The zero-order valence-electron chi connectivity index (χ0n) is 15.3. The molecule has 3 aromatic carbocycles. The number of hydrogen-bond acceptors (Lipinski definition) is 1. The standard InChI is InChI=1S/C23H24N2.ClH/c1-3-25-22-7-5-4-6-20(22)21-14-19(12-13-23(21)25)16-24-15-18-10-8-17(2)9-11-18;/h4-14,24H,3,15-16H2,1-2H3;1H. The SMILES string of the molecule is CCn1c2ccccc2c2cc(CNCc3ccc(C)cc3)ccc21.Cl. The van der Waals surface area contributed by atoms with Crippen molar-refractivity contribution >= 4 is 34.2 Å². The van der Waals surface area contributed by atoms with Gasteiger partial charge in [-0.2, -0.15) is 0 Å². The molecule has 0 spiro atoms. The maximum Gasteiger partial charge on any atom is 0.0491 e. The molecule has 1 N–H and O–H groups in total. The van der Waals surface area contributed by atoms with Crippen LogP contribution in [0.15, 0.2) is 66.7 Å². The number of rotatable bonds is 5. The smallest absolute Gasteiger partial charge is 0.0491 e. The molecule has 0 saturated heterocycles. The summed E-state index contributed by atoms with van der Waals surface area (Å²) in [6.45, 7) is 7.11. The zero-order valence-corrected chi connectivity index (χ0v) is 16.1. The van der Waals surface area contributed by atoms with Crippen LogP contribution in [0.2, 0.25) is 0 Å². The molecule has 0 saturated carbocycles. The van der Waals surface area contributed by atoms with E-state index in [2.05, 4.69) is 90.5 Å². The van der Waals surface area contributed by atoms with Gasteiger partial charge >= 0.3 is 0 Å². The highest BCUT2D eigenvalue weighted by Crippen LogP contribution is 2.29. The predicted molar refractivity (Wildman–Crippen MR) is 114 cm³/mol. The number of nitrogens with one attached hydrogen (secondary N) is 1. The van der Waals surface area contributed by atoms with Crippen molar-refractivity contribution in [1.29, 1.82) is 0 Å². The Labute approximate surface area is 161 Å². The minimum absolute atomic E-state index is 0. The number of aryl methyl sites for hydroxylation is 2. The quantitative estimate of drug-likeness (QED) is 0.471. The lowest BCUT2D eigenvalue weighted by Gasteiger charge is -2.07. The van der Waals surface area contributed by atoms with E-state index in [-0.39, 0.29) is 12.4 Å². The molecule has 0 aliphatic heterocycles. The van der Waals surface area contributed by atoms with Crippen molar-refractivity contribution in [3.8, 4) is 0 Å². The molecule has 0 radical (unpaired) electrons. The maximum absolute atomic E-state index is 3.56. The summed E-state index contributed by atoms with van der Waals surface area (Å²) in [7, 11) is 0. The Kier molecular flexibility index (Phi) is 5.65. The van der Waals surface area contributed by atoms with Gasteiger partial charge in [0.05, 0.1) is 0 Å². The second-order valence-corrected chi connectivity index (χ2v) is 6.70. The van der Waals surface area contributed by atoms with Crippen LogP contribution in [0, 0.1) is 6.92 Å². The van der Waals surface area contributed by atoms with E-state index in [1.54, 1.807) is 0 Å². The lowest BCUT2D eigenvalue weighted by molar-refractivity contribution is 0.694. The van der Waals surface area contributed by atoms with Crippen LogP contribution in [0.4, 0.5) is 0 Å². The first kappa shape index (κ1) is 18.5. The summed E-state index contributed by atoms with van der Waals surface area (Å²) >= 11 is 0. The number of para-hydroxylation sites is 1. The highest BCUT2D eigenvalue weighted by Gasteiger charge is 2.09. The first-order valence-corrected chi connectivity index (χ1v) is 9.02. The van der Waals surface area contributed by atoms with Crippen LogP contribution < -0.4 is 5.32 Å². The van der Waals surface area contributed by atoms with Gasteiger partial charge in [-0.15, -0.1) is 12.4 Å². The Morgan fingerprint density at radius 2 is 1.42 bits per heavy atom. The molecule has 26 heavy (non-hydrogen) atoms. The van der Waals surface area contributed by atoms with Crippen LogP contribution in [-0.2, 0) is 19.6 Å². The fourth-order valence-corrected chi connectivity index (χ4v) is 3.61. The Hall–Kier alpha value is -2.29. The molecule has 0 amide bonds. The van der Waals surface area contributed by atoms with Gasteiger partial charge in [-0.05, 0) is 43.2 Å². The fraction of sp³-hybridized carbons (Fsp3) is 0.217. The number of hydrogen-bond donors (Lipinski definition) is 1. The molecule has 4 aromatic rings. The summed E-state index contributed by atoms with van der Waals surface area (Å²) in [4.78, 5) is 0. The van der Waals surface area contributed by atoms with Crippen LogP contribution >= 0.6 is 12.4 Å². The van der Waals surface area contributed by atoms with Gasteiger partial charge in [-0.3, -0.25) is 0 Å². The maximum atomic E-state index is 3.56. The molecule has 0 atom stereocenters. The van der Waals surface area contributed by atoms with Gasteiger partial charge in [0, 0.05) is 41.4 Å². The molecular weight excluding hydrogens is 340 g/mol. The van der Waals surface area contributed by atoms with Crippen molar-refractivity contribution < 1.29 is 0 Å². The summed E-state index contributed by atoms with van der Waals surface area (Å²) in [6, 6.07) is 24.3. The Bertz CT molecular complexity index is 1020. The first-order valence-electron chi connectivity index (χ1n) is 9.02. The van der Waals surface area contributed by atoms with E-state index < -0.39 is 0 Å². The topological polar surface area (TPSA) is 17.0 Å². The molecule has 3 heteroatoms. The van der Waals surface area contributed by atoms with Crippen molar-refractivity contribution in [3.63, 3.8) is 0 Å². The Balaban J connectivity index is 0.00000196. The monoisotopic (exact) mass is 364 g/mol. The molecule has 1 aromatic heterocycles. The average Bonchev–Trinajstić information content (AvgIpc) is 2.96. The van der Waals surface area contributed by atoms with E-state index >= 15 is 0 Å². The second-order valence-electron chi connectivity index (χ2n) is 6.70. The third-order valence-electron chi connectivity index (χ3n) is 4.93.